The van der Waals surface area contributed by atoms with E-state index in [1.807, 2.05) is 6.92 Å². The maximum atomic E-state index is 12.6. The predicted octanol–water partition coefficient (Wildman–Crippen LogP) is 2.40. The van der Waals surface area contributed by atoms with Crippen molar-refractivity contribution in [2.45, 2.75) is 37.5 Å². The SMILES string of the molecule is CCNC(=O)/C=C/c1ccc(S(=O)(=O)N2CCCCCC2)cc1. The monoisotopic (exact) mass is 336 g/mol. The summed E-state index contributed by atoms with van der Waals surface area (Å²) in [6.45, 7) is 3.63. The molecule has 126 valence electrons. The van der Waals surface area contributed by atoms with E-state index in [1.54, 1.807) is 34.6 Å². The zero-order valence-electron chi connectivity index (χ0n) is 13.5. The van der Waals surface area contributed by atoms with Gasteiger partial charge in [0.1, 0.15) is 0 Å². The molecular formula is C17H24N2O3S. The number of carbonyl (C=O) groups excluding carboxylic acids is 1. The van der Waals surface area contributed by atoms with E-state index in [0.717, 1.165) is 31.2 Å². The third kappa shape index (κ3) is 4.91. The van der Waals surface area contributed by atoms with Crippen LogP contribution in [0.25, 0.3) is 6.08 Å². The lowest BCUT2D eigenvalue weighted by molar-refractivity contribution is -0.116. The van der Waals surface area contributed by atoms with E-state index in [1.165, 1.54) is 6.08 Å². The Kier molecular flexibility index (Phi) is 6.36. The van der Waals surface area contributed by atoms with Gasteiger partial charge >= 0.3 is 0 Å². The summed E-state index contributed by atoms with van der Waals surface area (Å²) in [7, 11) is -3.41. The molecule has 1 fully saturated rings. The maximum Gasteiger partial charge on any atom is 0.243 e. The van der Waals surface area contributed by atoms with E-state index in [4.69, 9.17) is 0 Å². The fraction of sp³-hybridized carbons (Fsp3) is 0.471. The summed E-state index contributed by atoms with van der Waals surface area (Å²) in [6, 6.07) is 6.66. The molecule has 1 aromatic carbocycles. The minimum atomic E-state index is -3.41. The lowest BCUT2D eigenvalue weighted by atomic mass is 10.2. The molecule has 23 heavy (non-hydrogen) atoms. The summed E-state index contributed by atoms with van der Waals surface area (Å²) < 4.78 is 26.9. The number of nitrogens with one attached hydrogen (secondary N) is 1. The van der Waals surface area contributed by atoms with Gasteiger partial charge in [0.05, 0.1) is 4.90 Å². The van der Waals surface area contributed by atoms with Gasteiger partial charge < -0.3 is 5.32 Å². The number of carbonyl (C=O) groups is 1. The summed E-state index contributed by atoms with van der Waals surface area (Å²) in [5.41, 5.74) is 0.797. The number of rotatable bonds is 5. The van der Waals surface area contributed by atoms with Crippen molar-refractivity contribution < 1.29 is 13.2 Å². The predicted molar refractivity (Wildman–Crippen MR) is 91.4 cm³/mol. The van der Waals surface area contributed by atoms with Crippen molar-refractivity contribution in [3.8, 4) is 0 Å². The first-order valence-corrected chi connectivity index (χ1v) is 9.54. The quantitative estimate of drug-likeness (QED) is 0.840. The van der Waals surface area contributed by atoms with Crippen LogP contribution in [0.4, 0.5) is 0 Å². The summed E-state index contributed by atoms with van der Waals surface area (Å²) in [4.78, 5) is 11.7. The molecule has 0 atom stereocenters. The van der Waals surface area contributed by atoms with Gasteiger partial charge in [0.15, 0.2) is 0 Å². The van der Waals surface area contributed by atoms with E-state index in [2.05, 4.69) is 5.32 Å². The molecule has 0 spiro atoms. The average Bonchev–Trinajstić information content (AvgIpc) is 2.83. The summed E-state index contributed by atoms with van der Waals surface area (Å²) in [6.07, 6.45) is 7.15. The molecule has 6 heteroatoms. The van der Waals surface area contributed by atoms with Crippen molar-refractivity contribution in [2.24, 2.45) is 0 Å². The Morgan fingerprint density at radius 2 is 1.74 bits per heavy atom. The fourth-order valence-electron chi connectivity index (χ4n) is 2.59. The molecule has 1 aliphatic rings. The highest BCUT2D eigenvalue weighted by Gasteiger charge is 2.24. The third-order valence-corrected chi connectivity index (χ3v) is 5.77. The second kappa shape index (κ2) is 8.26. The van der Waals surface area contributed by atoms with Gasteiger partial charge in [-0.25, -0.2) is 8.42 Å². The van der Waals surface area contributed by atoms with Gasteiger partial charge in [0.25, 0.3) is 0 Å². The number of nitrogens with zero attached hydrogens (tertiary/aromatic N) is 1. The molecule has 0 aromatic heterocycles. The highest BCUT2D eigenvalue weighted by molar-refractivity contribution is 7.89. The first-order valence-electron chi connectivity index (χ1n) is 8.10. The first kappa shape index (κ1) is 17.7. The van der Waals surface area contributed by atoms with Crippen LogP contribution in [0.5, 0.6) is 0 Å². The third-order valence-electron chi connectivity index (χ3n) is 3.86. The number of benzene rings is 1. The number of likely N-dealkylation sites (N-methyl/N-ethyl adjacent to an activating group) is 1. The van der Waals surface area contributed by atoms with Crippen LogP contribution >= 0.6 is 0 Å². The second-order valence-corrected chi connectivity index (χ2v) is 7.55. The second-order valence-electron chi connectivity index (χ2n) is 5.62. The Labute approximate surface area is 138 Å². The van der Waals surface area contributed by atoms with Crippen LogP contribution in [0, 0.1) is 0 Å². The largest absolute Gasteiger partial charge is 0.353 e. The van der Waals surface area contributed by atoms with Crippen LogP contribution in [-0.4, -0.2) is 38.3 Å². The van der Waals surface area contributed by atoms with Gasteiger partial charge in [-0.3, -0.25) is 4.79 Å². The van der Waals surface area contributed by atoms with E-state index >= 15 is 0 Å². The number of sulfonamides is 1. The molecular weight excluding hydrogens is 312 g/mol. The summed E-state index contributed by atoms with van der Waals surface area (Å²) in [5.74, 6) is -0.159. The van der Waals surface area contributed by atoms with Crippen LogP contribution in [-0.2, 0) is 14.8 Å². The van der Waals surface area contributed by atoms with Crippen molar-refractivity contribution in [2.75, 3.05) is 19.6 Å². The average molecular weight is 336 g/mol. The molecule has 1 N–H and O–H groups in total. The Balaban J connectivity index is 2.10. The van der Waals surface area contributed by atoms with E-state index < -0.39 is 10.0 Å². The van der Waals surface area contributed by atoms with Crippen LogP contribution in [0.1, 0.15) is 38.2 Å². The standard InChI is InChI=1S/C17H24N2O3S/c1-2-18-17(20)12-9-15-7-10-16(11-8-15)23(21,22)19-13-5-3-4-6-14-19/h7-12H,2-6,13-14H2,1H3,(H,18,20)/b12-9+. The molecule has 1 amide bonds. The Morgan fingerprint density at radius 3 is 2.30 bits per heavy atom. The molecule has 5 nitrogen and oxygen atoms in total. The van der Waals surface area contributed by atoms with Crippen molar-refractivity contribution >= 4 is 22.0 Å². The summed E-state index contributed by atoms with van der Waals surface area (Å²) >= 11 is 0. The normalized spacial score (nSPS) is 17.1. The molecule has 1 heterocycles. The molecule has 1 saturated heterocycles. The van der Waals surface area contributed by atoms with Gasteiger partial charge in [-0.15, -0.1) is 0 Å². The van der Waals surface area contributed by atoms with Gasteiger partial charge in [-0.05, 0) is 43.5 Å². The molecule has 1 aliphatic heterocycles. The Hall–Kier alpha value is -1.66. The van der Waals surface area contributed by atoms with Crippen LogP contribution in [0.15, 0.2) is 35.2 Å². The van der Waals surface area contributed by atoms with Crippen molar-refractivity contribution in [1.29, 1.82) is 0 Å². The number of hydrogen-bond donors (Lipinski definition) is 1. The van der Waals surface area contributed by atoms with E-state index in [9.17, 15) is 13.2 Å². The van der Waals surface area contributed by atoms with Gasteiger partial charge in [-0.2, -0.15) is 4.31 Å². The minimum absolute atomic E-state index is 0.159. The molecule has 0 radical (unpaired) electrons. The molecule has 2 rings (SSSR count). The Morgan fingerprint density at radius 1 is 1.13 bits per heavy atom. The van der Waals surface area contributed by atoms with Crippen LogP contribution in [0.2, 0.25) is 0 Å². The van der Waals surface area contributed by atoms with Crippen molar-refractivity contribution in [3.63, 3.8) is 0 Å². The van der Waals surface area contributed by atoms with E-state index in [-0.39, 0.29) is 5.91 Å². The molecule has 0 unspecified atom stereocenters. The first-order chi connectivity index (χ1) is 11.0. The highest BCUT2D eigenvalue weighted by atomic mass is 32.2. The summed E-state index contributed by atoms with van der Waals surface area (Å²) in [5, 5.41) is 2.67. The number of hydrogen-bond acceptors (Lipinski definition) is 3. The highest BCUT2D eigenvalue weighted by Crippen LogP contribution is 2.20. The van der Waals surface area contributed by atoms with Crippen molar-refractivity contribution in [3.05, 3.63) is 35.9 Å². The number of amides is 1. The van der Waals surface area contributed by atoms with Gasteiger partial charge in [0.2, 0.25) is 15.9 Å². The van der Waals surface area contributed by atoms with Gasteiger partial charge in [0, 0.05) is 25.7 Å². The van der Waals surface area contributed by atoms with E-state index in [0.29, 0.717) is 24.5 Å². The topological polar surface area (TPSA) is 66.5 Å². The molecule has 0 aliphatic carbocycles. The fourth-order valence-corrected chi connectivity index (χ4v) is 4.10. The van der Waals surface area contributed by atoms with Crippen LogP contribution < -0.4 is 5.32 Å². The lowest BCUT2D eigenvalue weighted by Crippen LogP contribution is -2.31. The molecule has 0 bridgehead atoms. The zero-order valence-corrected chi connectivity index (χ0v) is 14.3. The maximum absolute atomic E-state index is 12.6. The van der Waals surface area contributed by atoms with Gasteiger partial charge in [-0.1, -0.05) is 25.0 Å². The molecule has 0 saturated carbocycles. The Bertz CT molecular complexity index is 643. The minimum Gasteiger partial charge on any atom is -0.353 e. The van der Waals surface area contributed by atoms with Crippen molar-refractivity contribution in [1.82, 2.24) is 9.62 Å². The lowest BCUT2D eigenvalue weighted by Gasteiger charge is -2.19. The zero-order chi connectivity index (χ0) is 16.7. The smallest absolute Gasteiger partial charge is 0.243 e. The molecule has 1 aromatic rings. The van der Waals surface area contributed by atoms with Crippen LogP contribution in [0.3, 0.4) is 0 Å².